The standard InChI is InChI=1S/C20H22N2O2/c1-13(2)12-24-17-10-8-16(9-11-17)19-20(15(4)23)22-14(3)6-5-7-18(22)21-19/h5-11,15,23H,1,12H2,2-4H3. The summed E-state index contributed by atoms with van der Waals surface area (Å²) in [5.41, 5.74) is 5.42. The second-order valence-corrected chi connectivity index (χ2v) is 6.15. The fourth-order valence-corrected chi connectivity index (χ4v) is 2.79. The monoisotopic (exact) mass is 322 g/mol. The maximum Gasteiger partial charge on any atom is 0.137 e. The van der Waals surface area contributed by atoms with Crippen LogP contribution in [0.2, 0.25) is 0 Å². The third kappa shape index (κ3) is 3.05. The van der Waals surface area contributed by atoms with E-state index < -0.39 is 6.10 Å². The summed E-state index contributed by atoms with van der Waals surface area (Å²) < 4.78 is 7.64. The lowest BCUT2D eigenvalue weighted by Crippen LogP contribution is -2.02. The number of fused-ring (bicyclic) bond motifs is 1. The summed E-state index contributed by atoms with van der Waals surface area (Å²) in [5.74, 6) is 0.792. The summed E-state index contributed by atoms with van der Waals surface area (Å²) in [5, 5.41) is 10.3. The van der Waals surface area contributed by atoms with E-state index in [1.54, 1.807) is 6.92 Å². The molecule has 0 saturated heterocycles. The second kappa shape index (κ2) is 6.49. The third-order valence-corrected chi connectivity index (χ3v) is 3.88. The molecule has 124 valence electrons. The number of imidazole rings is 1. The Morgan fingerprint density at radius 1 is 1.25 bits per heavy atom. The molecule has 1 aromatic carbocycles. The van der Waals surface area contributed by atoms with Gasteiger partial charge in [-0.05, 0) is 62.7 Å². The molecule has 1 atom stereocenters. The number of aliphatic hydroxyl groups is 1. The zero-order valence-electron chi connectivity index (χ0n) is 14.3. The fraction of sp³-hybridized carbons (Fsp3) is 0.250. The van der Waals surface area contributed by atoms with Gasteiger partial charge in [-0.15, -0.1) is 0 Å². The first-order valence-electron chi connectivity index (χ1n) is 8.01. The minimum atomic E-state index is -0.615. The van der Waals surface area contributed by atoms with Gasteiger partial charge >= 0.3 is 0 Å². The van der Waals surface area contributed by atoms with Gasteiger partial charge in [-0.3, -0.25) is 4.40 Å². The van der Waals surface area contributed by atoms with Crippen LogP contribution in [-0.2, 0) is 0 Å². The molecule has 4 nitrogen and oxygen atoms in total. The van der Waals surface area contributed by atoms with E-state index >= 15 is 0 Å². The highest BCUT2D eigenvalue weighted by atomic mass is 16.5. The molecule has 0 bridgehead atoms. The van der Waals surface area contributed by atoms with E-state index in [2.05, 4.69) is 6.58 Å². The first-order valence-corrected chi connectivity index (χ1v) is 8.01. The zero-order valence-corrected chi connectivity index (χ0v) is 14.3. The molecule has 0 aliphatic heterocycles. The number of hydrogen-bond donors (Lipinski definition) is 1. The third-order valence-electron chi connectivity index (χ3n) is 3.88. The van der Waals surface area contributed by atoms with Crippen LogP contribution in [0.25, 0.3) is 16.9 Å². The first kappa shape index (κ1) is 16.3. The van der Waals surface area contributed by atoms with Gasteiger partial charge in [0, 0.05) is 11.3 Å². The summed E-state index contributed by atoms with van der Waals surface area (Å²) in [6.07, 6.45) is -0.615. The second-order valence-electron chi connectivity index (χ2n) is 6.15. The van der Waals surface area contributed by atoms with Gasteiger partial charge in [-0.25, -0.2) is 4.98 Å². The van der Waals surface area contributed by atoms with Gasteiger partial charge in [0.1, 0.15) is 18.0 Å². The molecule has 0 aliphatic carbocycles. The molecule has 1 unspecified atom stereocenters. The number of rotatable bonds is 5. The molecule has 4 heteroatoms. The van der Waals surface area contributed by atoms with Crippen molar-refractivity contribution in [2.24, 2.45) is 0 Å². The maximum atomic E-state index is 10.3. The predicted octanol–water partition coefficient (Wildman–Crippen LogP) is 4.32. The summed E-state index contributed by atoms with van der Waals surface area (Å²) in [6.45, 7) is 10.1. The molecular weight excluding hydrogens is 300 g/mol. The summed E-state index contributed by atoms with van der Waals surface area (Å²) in [6, 6.07) is 13.7. The van der Waals surface area contributed by atoms with Crippen molar-refractivity contribution in [3.8, 4) is 17.0 Å². The van der Waals surface area contributed by atoms with Crippen LogP contribution in [0.1, 0.15) is 31.3 Å². The Balaban J connectivity index is 2.04. The molecule has 24 heavy (non-hydrogen) atoms. The van der Waals surface area contributed by atoms with Crippen LogP contribution in [-0.4, -0.2) is 21.1 Å². The Kier molecular flexibility index (Phi) is 4.40. The molecule has 0 amide bonds. The molecule has 1 N–H and O–H groups in total. The van der Waals surface area contributed by atoms with Crippen molar-refractivity contribution in [3.63, 3.8) is 0 Å². The minimum absolute atomic E-state index is 0.506. The normalized spacial score (nSPS) is 12.3. The predicted molar refractivity (Wildman–Crippen MR) is 96.3 cm³/mol. The Labute approximate surface area is 142 Å². The highest BCUT2D eigenvalue weighted by Crippen LogP contribution is 2.31. The van der Waals surface area contributed by atoms with Crippen LogP contribution < -0.4 is 4.74 Å². The van der Waals surface area contributed by atoms with Gasteiger partial charge < -0.3 is 9.84 Å². The molecule has 2 aromatic heterocycles. The van der Waals surface area contributed by atoms with Gasteiger partial charge in [0.2, 0.25) is 0 Å². The molecule has 2 heterocycles. The Hall–Kier alpha value is -2.59. The van der Waals surface area contributed by atoms with Gasteiger partial charge in [0.25, 0.3) is 0 Å². The van der Waals surface area contributed by atoms with Gasteiger partial charge in [-0.1, -0.05) is 12.6 Å². The Morgan fingerprint density at radius 3 is 2.58 bits per heavy atom. The molecule has 0 radical (unpaired) electrons. The average molecular weight is 322 g/mol. The van der Waals surface area contributed by atoms with E-state index in [4.69, 9.17) is 9.72 Å². The van der Waals surface area contributed by atoms with E-state index in [-0.39, 0.29) is 0 Å². The van der Waals surface area contributed by atoms with Crippen molar-refractivity contribution in [1.29, 1.82) is 0 Å². The maximum absolute atomic E-state index is 10.3. The quantitative estimate of drug-likeness (QED) is 0.712. The Morgan fingerprint density at radius 2 is 1.96 bits per heavy atom. The number of aliphatic hydroxyl groups excluding tert-OH is 1. The number of aromatic nitrogens is 2. The van der Waals surface area contributed by atoms with Crippen molar-refractivity contribution in [2.45, 2.75) is 26.9 Å². The molecule has 3 aromatic rings. The number of pyridine rings is 1. The van der Waals surface area contributed by atoms with Crippen molar-refractivity contribution in [1.82, 2.24) is 9.38 Å². The van der Waals surface area contributed by atoms with Crippen molar-refractivity contribution in [3.05, 3.63) is 66.0 Å². The largest absolute Gasteiger partial charge is 0.489 e. The van der Waals surface area contributed by atoms with Crippen molar-refractivity contribution in [2.75, 3.05) is 6.61 Å². The van der Waals surface area contributed by atoms with Gasteiger partial charge in [0.15, 0.2) is 0 Å². The lowest BCUT2D eigenvalue weighted by Gasteiger charge is -2.10. The van der Waals surface area contributed by atoms with E-state index in [0.29, 0.717) is 6.61 Å². The first-order chi connectivity index (χ1) is 11.5. The van der Waals surface area contributed by atoms with Crippen molar-refractivity contribution < 1.29 is 9.84 Å². The highest BCUT2D eigenvalue weighted by Gasteiger charge is 2.18. The zero-order chi connectivity index (χ0) is 17.3. The molecule has 0 fully saturated rings. The van der Waals surface area contributed by atoms with E-state index in [1.165, 1.54) is 0 Å². The number of benzene rings is 1. The van der Waals surface area contributed by atoms with Crippen LogP contribution in [0.5, 0.6) is 5.75 Å². The molecule has 0 spiro atoms. The van der Waals surface area contributed by atoms with Gasteiger partial charge in [-0.2, -0.15) is 0 Å². The summed E-state index contributed by atoms with van der Waals surface area (Å²) in [7, 11) is 0. The van der Waals surface area contributed by atoms with E-state index in [0.717, 1.165) is 39.6 Å². The average Bonchev–Trinajstić information content (AvgIpc) is 2.94. The highest BCUT2D eigenvalue weighted by molar-refractivity contribution is 5.68. The smallest absolute Gasteiger partial charge is 0.137 e. The number of hydrogen-bond acceptors (Lipinski definition) is 3. The lowest BCUT2D eigenvalue weighted by molar-refractivity contribution is 0.194. The van der Waals surface area contributed by atoms with Crippen LogP contribution in [0.15, 0.2) is 54.6 Å². The van der Waals surface area contributed by atoms with E-state index in [9.17, 15) is 5.11 Å². The summed E-state index contributed by atoms with van der Waals surface area (Å²) in [4.78, 5) is 4.72. The van der Waals surface area contributed by atoms with Crippen LogP contribution in [0, 0.1) is 6.92 Å². The molecule has 0 aliphatic rings. The lowest BCUT2D eigenvalue weighted by atomic mass is 10.1. The Bertz CT molecular complexity index is 877. The van der Waals surface area contributed by atoms with E-state index in [1.807, 2.05) is 60.7 Å². The number of nitrogens with zero attached hydrogens (tertiary/aromatic N) is 2. The fourth-order valence-electron chi connectivity index (χ4n) is 2.79. The minimum Gasteiger partial charge on any atom is -0.489 e. The molecule has 3 rings (SSSR count). The van der Waals surface area contributed by atoms with Crippen LogP contribution >= 0.6 is 0 Å². The van der Waals surface area contributed by atoms with Crippen molar-refractivity contribution >= 4 is 5.65 Å². The summed E-state index contributed by atoms with van der Waals surface area (Å²) >= 11 is 0. The number of aryl methyl sites for hydroxylation is 1. The van der Waals surface area contributed by atoms with Crippen LogP contribution in [0.4, 0.5) is 0 Å². The van der Waals surface area contributed by atoms with Gasteiger partial charge in [0.05, 0.1) is 17.5 Å². The van der Waals surface area contributed by atoms with Crippen LogP contribution in [0.3, 0.4) is 0 Å². The molecule has 0 saturated carbocycles. The number of ether oxygens (including phenoxy) is 1. The molecular formula is C20H22N2O2. The topological polar surface area (TPSA) is 46.8 Å². The SMILES string of the molecule is C=C(C)COc1ccc(-c2nc3cccc(C)n3c2C(C)O)cc1.